The third-order valence-corrected chi connectivity index (χ3v) is 5.91. The van der Waals surface area contributed by atoms with E-state index < -0.39 is 0 Å². The lowest BCUT2D eigenvalue weighted by Crippen LogP contribution is -2.46. The van der Waals surface area contributed by atoms with E-state index in [4.69, 9.17) is 10.2 Å². The molecule has 4 rings (SSSR count). The Bertz CT molecular complexity index is 1070. The van der Waals surface area contributed by atoms with Crippen LogP contribution >= 0.6 is 0 Å². The highest BCUT2D eigenvalue weighted by atomic mass is 16.2. The second kappa shape index (κ2) is 8.17. The highest BCUT2D eigenvalue weighted by Gasteiger charge is 2.30. The lowest BCUT2D eigenvalue weighted by Gasteiger charge is -2.36. The Hall–Kier alpha value is -3.37. The molecule has 1 aliphatic heterocycles. The van der Waals surface area contributed by atoms with Gasteiger partial charge in [0, 0.05) is 18.3 Å². The number of hydrogen-bond acceptors (Lipinski definition) is 4. The van der Waals surface area contributed by atoms with Gasteiger partial charge in [0.15, 0.2) is 0 Å². The number of likely N-dealkylation sites (tertiary alicyclic amines) is 1. The van der Waals surface area contributed by atoms with Crippen LogP contribution in [0.15, 0.2) is 36.4 Å². The first-order valence-corrected chi connectivity index (χ1v) is 10.2. The number of nitrogens with one attached hydrogen (secondary N) is 3. The Kier molecular flexibility index (Phi) is 5.42. The number of carbonyl (C=O) groups is 1. The van der Waals surface area contributed by atoms with Crippen molar-refractivity contribution < 1.29 is 4.79 Å². The van der Waals surface area contributed by atoms with E-state index in [0.29, 0.717) is 11.3 Å². The molecule has 2 amide bonds. The van der Waals surface area contributed by atoms with Gasteiger partial charge in [0.05, 0.1) is 28.7 Å². The number of amides is 2. The van der Waals surface area contributed by atoms with E-state index in [1.54, 1.807) is 24.3 Å². The fourth-order valence-electron chi connectivity index (χ4n) is 3.96. The summed E-state index contributed by atoms with van der Waals surface area (Å²) in [7, 11) is 2.10. The summed E-state index contributed by atoms with van der Waals surface area (Å²) in [6.45, 7) is 5.08. The zero-order valence-corrected chi connectivity index (χ0v) is 17.5. The fraction of sp³-hybridized carbons (Fsp3) is 0.348. The molecule has 7 heteroatoms. The van der Waals surface area contributed by atoms with Crippen LogP contribution in [0.5, 0.6) is 0 Å². The monoisotopic (exact) mass is 402 g/mol. The quantitative estimate of drug-likeness (QED) is 0.617. The van der Waals surface area contributed by atoms with Gasteiger partial charge >= 0.3 is 6.03 Å². The fourth-order valence-corrected chi connectivity index (χ4v) is 3.96. The summed E-state index contributed by atoms with van der Waals surface area (Å²) in [5.74, 6) is 0.941. The summed E-state index contributed by atoms with van der Waals surface area (Å²) in [4.78, 5) is 23.1. The van der Waals surface area contributed by atoms with Crippen LogP contribution in [0.2, 0.25) is 0 Å². The van der Waals surface area contributed by atoms with E-state index in [2.05, 4.69) is 59.6 Å². The molecule has 0 unspecified atom stereocenters. The molecule has 154 valence electrons. The normalized spacial score (nSPS) is 19.4. The molecule has 1 fully saturated rings. The summed E-state index contributed by atoms with van der Waals surface area (Å²) in [5.41, 5.74) is 5.74. The lowest BCUT2D eigenvalue weighted by atomic mass is 9.97. The number of aromatic amines is 1. The number of fused-ring (bicyclic) bond motifs is 1. The largest absolute Gasteiger partial charge is 0.341 e. The topological polar surface area (TPSA) is 96.8 Å². The average molecular weight is 403 g/mol. The van der Waals surface area contributed by atoms with Gasteiger partial charge in [-0.1, -0.05) is 0 Å². The summed E-state index contributed by atoms with van der Waals surface area (Å²) in [5, 5.41) is 14.8. The average Bonchev–Trinajstić information content (AvgIpc) is 3.12. The summed E-state index contributed by atoms with van der Waals surface area (Å²) < 4.78 is 0. The van der Waals surface area contributed by atoms with Crippen molar-refractivity contribution in [3.63, 3.8) is 0 Å². The van der Waals surface area contributed by atoms with Crippen molar-refractivity contribution in [2.24, 2.45) is 0 Å². The third kappa shape index (κ3) is 4.14. The molecular formula is C23H26N6O. The number of rotatable bonds is 3. The van der Waals surface area contributed by atoms with E-state index in [1.165, 1.54) is 11.1 Å². The second-order valence-electron chi connectivity index (χ2n) is 8.08. The predicted molar refractivity (Wildman–Crippen MR) is 117 cm³/mol. The summed E-state index contributed by atoms with van der Waals surface area (Å²) >= 11 is 0. The Labute approximate surface area is 176 Å². The molecule has 0 aliphatic carbocycles. The highest BCUT2D eigenvalue weighted by Crippen LogP contribution is 2.30. The maximum Gasteiger partial charge on any atom is 0.319 e. The van der Waals surface area contributed by atoms with Gasteiger partial charge in [-0.3, -0.25) is 4.90 Å². The molecule has 3 aromatic rings. The SMILES string of the molecule is Cc1cc2nc([C@H]3C[C@H](NC(=O)Nc4ccc(C#N)cc4)CCN3C)[nH]c2cc1C. The standard InChI is InChI=1S/C23H26N6O/c1-14-10-19-20(11-15(14)2)28-22(27-19)21-12-18(8-9-29(21)3)26-23(30)25-17-6-4-16(13-24)5-7-17/h4-7,10-11,18,21H,8-9,12H2,1-3H3,(H,27,28)(H2,25,26,30)/t18-,21-/m1/s1. The smallest absolute Gasteiger partial charge is 0.319 e. The van der Waals surface area contributed by atoms with Crippen LogP contribution in [0.4, 0.5) is 10.5 Å². The lowest BCUT2D eigenvalue weighted by molar-refractivity contribution is 0.153. The first-order chi connectivity index (χ1) is 14.4. The van der Waals surface area contributed by atoms with Gasteiger partial charge in [-0.05, 0) is 81.3 Å². The number of nitrogens with zero attached hydrogens (tertiary/aromatic N) is 3. The second-order valence-corrected chi connectivity index (χ2v) is 8.08. The Balaban J connectivity index is 1.44. The van der Waals surface area contributed by atoms with Gasteiger partial charge in [0.2, 0.25) is 0 Å². The van der Waals surface area contributed by atoms with Crippen molar-refractivity contribution in [3.8, 4) is 6.07 Å². The number of aromatic nitrogens is 2. The summed E-state index contributed by atoms with van der Waals surface area (Å²) in [6, 6.07) is 13.1. The number of carbonyl (C=O) groups excluding carboxylic acids is 1. The van der Waals surface area contributed by atoms with Crippen LogP contribution in [0, 0.1) is 25.2 Å². The maximum atomic E-state index is 12.5. The zero-order valence-electron chi connectivity index (χ0n) is 17.5. The van der Waals surface area contributed by atoms with Crippen molar-refractivity contribution in [1.29, 1.82) is 5.26 Å². The number of piperidine rings is 1. The van der Waals surface area contributed by atoms with E-state index in [9.17, 15) is 4.79 Å². The molecule has 2 heterocycles. The first kappa shape index (κ1) is 19.9. The van der Waals surface area contributed by atoms with Crippen molar-refractivity contribution in [3.05, 3.63) is 58.9 Å². The first-order valence-electron chi connectivity index (χ1n) is 10.2. The zero-order chi connectivity index (χ0) is 21.3. The molecule has 1 aliphatic rings. The molecule has 7 nitrogen and oxygen atoms in total. The Morgan fingerprint density at radius 3 is 2.70 bits per heavy atom. The number of aryl methyl sites for hydroxylation is 2. The minimum atomic E-state index is -0.233. The van der Waals surface area contributed by atoms with Gasteiger partial charge in [0.1, 0.15) is 5.82 Å². The summed E-state index contributed by atoms with van der Waals surface area (Å²) in [6.07, 6.45) is 1.67. The van der Waals surface area contributed by atoms with Gasteiger partial charge in [-0.15, -0.1) is 0 Å². The van der Waals surface area contributed by atoms with E-state index >= 15 is 0 Å². The molecule has 1 aromatic heterocycles. The molecular weight excluding hydrogens is 376 g/mol. The van der Waals surface area contributed by atoms with Crippen LogP contribution < -0.4 is 10.6 Å². The van der Waals surface area contributed by atoms with Gasteiger partial charge in [-0.25, -0.2) is 9.78 Å². The van der Waals surface area contributed by atoms with Crippen molar-refractivity contribution in [1.82, 2.24) is 20.2 Å². The van der Waals surface area contributed by atoms with Crippen LogP contribution in [0.1, 0.15) is 41.4 Å². The molecule has 30 heavy (non-hydrogen) atoms. The molecule has 0 radical (unpaired) electrons. The Morgan fingerprint density at radius 1 is 1.23 bits per heavy atom. The minimum absolute atomic E-state index is 0.0567. The van der Waals surface area contributed by atoms with Gasteiger partial charge in [-0.2, -0.15) is 5.26 Å². The van der Waals surface area contributed by atoms with Crippen molar-refractivity contribution in [2.75, 3.05) is 18.9 Å². The molecule has 2 atom stereocenters. The molecule has 0 bridgehead atoms. The van der Waals surface area contributed by atoms with Gasteiger partial charge < -0.3 is 15.6 Å². The highest BCUT2D eigenvalue weighted by molar-refractivity contribution is 5.89. The van der Waals surface area contributed by atoms with Crippen LogP contribution in [0.3, 0.4) is 0 Å². The maximum absolute atomic E-state index is 12.5. The number of benzene rings is 2. The van der Waals surface area contributed by atoms with Gasteiger partial charge in [0.25, 0.3) is 0 Å². The number of urea groups is 1. The number of H-pyrrole nitrogens is 1. The number of anilines is 1. The van der Waals surface area contributed by atoms with Crippen molar-refractivity contribution >= 4 is 22.8 Å². The van der Waals surface area contributed by atoms with Crippen molar-refractivity contribution in [2.45, 2.75) is 38.8 Å². The van der Waals surface area contributed by atoms with E-state index in [-0.39, 0.29) is 18.1 Å². The van der Waals surface area contributed by atoms with Crippen LogP contribution in [-0.2, 0) is 0 Å². The Morgan fingerprint density at radius 2 is 1.97 bits per heavy atom. The van der Waals surface area contributed by atoms with E-state index in [1.807, 2.05) is 0 Å². The van der Waals surface area contributed by atoms with Crippen LogP contribution in [0.25, 0.3) is 11.0 Å². The number of nitriles is 1. The minimum Gasteiger partial charge on any atom is -0.341 e. The molecule has 0 spiro atoms. The molecule has 3 N–H and O–H groups in total. The number of imidazole rings is 1. The molecule has 2 aromatic carbocycles. The van der Waals surface area contributed by atoms with Crippen LogP contribution in [-0.4, -0.2) is 40.5 Å². The molecule has 1 saturated heterocycles. The third-order valence-electron chi connectivity index (χ3n) is 5.91. The molecule has 0 saturated carbocycles. The van der Waals surface area contributed by atoms with E-state index in [0.717, 1.165) is 36.2 Å². The number of hydrogen-bond donors (Lipinski definition) is 3. The predicted octanol–water partition coefficient (Wildman–Crippen LogP) is 4.01.